The number of hydrogen-bond donors (Lipinski definition) is 2. The number of nitrogens with zero attached hydrogens (tertiary/aromatic N) is 1. The first-order valence-corrected chi connectivity index (χ1v) is 6.54. The lowest BCUT2D eigenvalue weighted by atomic mass is 10.1. The van der Waals surface area contributed by atoms with Gasteiger partial charge in [-0.2, -0.15) is 0 Å². The first kappa shape index (κ1) is 14.1. The number of anilines is 1. The van der Waals surface area contributed by atoms with Crippen molar-refractivity contribution in [2.24, 2.45) is 5.92 Å². The van der Waals surface area contributed by atoms with Crippen LogP contribution >= 0.6 is 0 Å². The predicted molar refractivity (Wildman–Crippen MR) is 79.9 cm³/mol. The first-order valence-electron chi connectivity index (χ1n) is 6.54. The Bertz CT molecular complexity index is 638. The van der Waals surface area contributed by atoms with Crippen molar-refractivity contribution in [3.63, 3.8) is 0 Å². The van der Waals surface area contributed by atoms with Gasteiger partial charge in [0.1, 0.15) is 11.4 Å². The molecule has 1 aromatic heterocycles. The summed E-state index contributed by atoms with van der Waals surface area (Å²) in [5.74, 6) is 0.833. The highest BCUT2D eigenvalue weighted by Gasteiger charge is 2.16. The van der Waals surface area contributed by atoms with Crippen LogP contribution in [0.4, 0.5) is 5.69 Å². The van der Waals surface area contributed by atoms with E-state index in [9.17, 15) is 4.79 Å². The van der Waals surface area contributed by atoms with Gasteiger partial charge in [-0.3, -0.25) is 9.78 Å². The standard InChI is InChI=1S/C15H19N3O2/c1-9(2)8-18-15(19)14-13-10(6-7-17-14)12(20-3)5-4-11(13)16/h4-7,9H,8,16H2,1-3H3,(H,18,19). The Kier molecular flexibility index (Phi) is 4.08. The monoisotopic (exact) mass is 273 g/mol. The Morgan fingerprint density at radius 3 is 2.80 bits per heavy atom. The Morgan fingerprint density at radius 2 is 2.15 bits per heavy atom. The van der Waals surface area contributed by atoms with Crippen LogP contribution < -0.4 is 15.8 Å². The van der Waals surface area contributed by atoms with Crippen LogP contribution in [0, 0.1) is 5.92 Å². The number of aromatic nitrogens is 1. The Balaban J connectivity index is 2.51. The van der Waals surface area contributed by atoms with Gasteiger partial charge in [-0.25, -0.2) is 0 Å². The van der Waals surface area contributed by atoms with E-state index >= 15 is 0 Å². The molecule has 0 aliphatic rings. The van der Waals surface area contributed by atoms with E-state index in [-0.39, 0.29) is 5.91 Å². The minimum absolute atomic E-state index is 0.218. The van der Waals surface area contributed by atoms with E-state index in [4.69, 9.17) is 10.5 Å². The molecule has 0 aliphatic heterocycles. The molecule has 20 heavy (non-hydrogen) atoms. The van der Waals surface area contributed by atoms with E-state index in [1.165, 1.54) is 0 Å². The number of nitrogens with one attached hydrogen (secondary N) is 1. The van der Waals surface area contributed by atoms with E-state index in [1.807, 2.05) is 13.8 Å². The van der Waals surface area contributed by atoms with Gasteiger partial charge in [-0.1, -0.05) is 13.8 Å². The van der Waals surface area contributed by atoms with Crippen molar-refractivity contribution in [3.05, 3.63) is 30.1 Å². The lowest BCUT2D eigenvalue weighted by Crippen LogP contribution is -2.28. The number of ether oxygens (including phenoxy) is 1. The molecular formula is C15H19N3O2. The number of fused-ring (bicyclic) bond motifs is 1. The van der Waals surface area contributed by atoms with Crippen molar-refractivity contribution >= 4 is 22.4 Å². The Morgan fingerprint density at radius 1 is 1.40 bits per heavy atom. The molecule has 1 aromatic carbocycles. The van der Waals surface area contributed by atoms with Crippen LogP contribution in [-0.4, -0.2) is 24.5 Å². The van der Waals surface area contributed by atoms with E-state index in [2.05, 4.69) is 10.3 Å². The van der Waals surface area contributed by atoms with Gasteiger partial charge in [-0.05, 0) is 24.1 Å². The van der Waals surface area contributed by atoms with Gasteiger partial charge >= 0.3 is 0 Å². The van der Waals surface area contributed by atoms with Crippen LogP contribution in [-0.2, 0) is 0 Å². The van der Waals surface area contributed by atoms with Gasteiger partial charge in [0, 0.05) is 29.2 Å². The van der Waals surface area contributed by atoms with E-state index in [1.54, 1.807) is 31.5 Å². The molecule has 1 heterocycles. The SMILES string of the molecule is COc1ccc(N)c2c(C(=O)NCC(C)C)nccc12. The second kappa shape index (κ2) is 5.77. The van der Waals surface area contributed by atoms with Crippen LogP contribution in [0.3, 0.4) is 0 Å². The summed E-state index contributed by atoms with van der Waals surface area (Å²) in [6, 6.07) is 5.30. The molecule has 0 spiro atoms. The minimum Gasteiger partial charge on any atom is -0.496 e. The summed E-state index contributed by atoms with van der Waals surface area (Å²) >= 11 is 0. The van der Waals surface area contributed by atoms with Crippen LogP contribution in [0.25, 0.3) is 10.8 Å². The molecule has 5 heteroatoms. The molecule has 0 saturated heterocycles. The van der Waals surface area contributed by atoms with Crippen LogP contribution in [0.1, 0.15) is 24.3 Å². The molecule has 0 aliphatic carbocycles. The maximum Gasteiger partial charge on any atom is 0.270 e. The minimum atomic E-state index is -0.218. The summed E-state index contributed by atoms with van der Waals surface area (Å²) in [5, 5.41) is 4.28. The van der Waals surface area contributed by atoms with E-state index in [0.29, 0.717) is 35.0 Å². The third kappa shape index (κ3) is 2.66. The third-order valence-electron chi connectivity index (χ3n) is 3.03. The van der Waals surface area contributed by atoms with E-state index in [0.717, 1.165) is 5.39 Å². The second-order valence-electron chi connectivity index (χ2n) is 5.04. The van der Waals surface area contributed by atoms with Crippen molar-refractivity contribution in [1.29, 1.82) is 0 Å². The molecule has 2 aromatic rings. The Hall–Kier alpha value is -2.30. The highest BCUT2D eigenvalue weighted by atomic mass is 16.5. The molecule has 0 unspecified atom stereocenters. The fraction of sp³-hybridized carbons (Fsp3) is 0.333. The second-order valence-corrected chi connectivity index (χ2v) is 5.04. The number of hydrogen-bond acceptors (Lipinski definition) is 4. The number of amides is 1. The number of carbonyl (C=O) groups is 1. The topological polar surface area (TPSA) is 77.2 Å². The summed E-state index contributed by atoms with van der Waals surface area (Å²) in [7, 11) is 1.59. The molecule has 0 radical (unpaired) electrons. The molecule has 5 nitrogen and oxygen atoms in total. The zero-order valence-corrected chi connectivity index (χ0v) is 11.9. The van der Waals surface area contributed by atoms with E-state index < -0.39 is 0 Å². The van der Waals surface area contributed by atoms with Gasteiger partial charge in [0.2, 0.25) is 0 Å². The zero-order valence-electron chi connectivity index (χ0n) is 11.9. The Labute approximate surface area is 118 Å². The van der Waals surface area contributed by atoms with Crippen molar-refractivity contribution in [2.75, 3.05) is 19.4 Å². The van der Waals surface area contributed by atoms with Crippen LogP contribution in [0.15, 0.2) is 24.4 Å². The highest BCUT2D eigenvalue weighted by Crippen LogP contribution is 2.31. The molecule has 1 amide bonds. The molecule has 3 N–H and O–H groups in total. The number of methoxy groups -OCH3 is 1. The lowest BCUT2D eigenvalue weighted by Gasteiger charge is -2.12. The first-order chi connectivity index (χ1) is 9.54. The van der Waals surface area contributed by atoms with Crippen molar-refractivity contribution in [1.82, 2.24) is 10.3 Å². The number of carbonyl (C=O) groups excluding carboxylic acids is 1. The van der Waals surface area contributed by atoms with Crippen LogP contribution in [0.5, 0.6) is 5.75 Å². The average molecular weight is 273 g/mol. The fourth-order valence-electron chi connectivity index (χ4n) is 2.03. The molecule has 0 atom stereocenters. The summed E-state index contributed by atoms with van der Waals surface area (Å²) in [6.07, 6.45) is 1.59. The number of nitrogens with two attached hydrogens (primary N) is 1. The molecule has 2 rings (SSSR count). The van der Waals surface area contributed by atoms with Crippen molar-refractivity contribution in [2.45, 2.75) is 13.8 Å². The summed E-state index contributed by atoms with van der Waals surface area (Å²) in [4.78, 5) is 16.4. The van der Waals surface area contributed by atoms with Gasteiger partial charge in [0.15, 0.2) is 0 Å². The molecule has 106 valence electrons. The normalized spacial score (nSPS) is 10.8. The van der Waals surface area contributed by atoms with Crippen molar-refractivity contribution in [3.8, 4) is 5.75 Å². The largest absolute Gasteiger partial charge is 0.496 e. The summed E-state index contributed by atoms with van der Waals surface area (Å²) in [6.45, 7) is 4.67. The average Bonchev–Trinajstić information content (AvgIpc) is 2.44. The third-order valence-corrected chi connectivity index (χ3v) is 3.03. The lowest BCUT2D eigenvalue weighted by molar-refractivity contribution is 0.0946. The smallest absolute Gasteiger partial charge is 0.270 e. The zero-order chi connectivity index (χ0) is 14.7. The quantitative estimate of drug-likeness (QED) is 0.837. The number of nitrogen functional groups attached to an aromatic ring is 1. The predicted octanol–water partition coefficient (Wildman–Crippen LogP) is 2.21. The van der Waals surface area contributed by atoms with Gasteiger partial charge in [0.25, 0.3) is 5.91 Å². The van der Waals surface area contributed by atoms with Crippen molar-refractivity contribution < 1.29 is 9.53 Å². The fourth-order valence-corrected chi connectivity index (χ4v) is 2.03. The van der Waals surface area contributed by atoms with Gasteiger partial charge < -0.3 is 15.8 Å². The number of benzene rings is 1. The van der Waals surface area contributed by atoms with Crippen LogP contribution in [0.2, 0.25) is 0 Å². The molecule has 0 bridgehead atoms. The maximum atomic E-state index is 12.2. The molecule has 0 fully saturated rings. The highest BCUT2D eigenvalue weighted by molar-refractivity contribution is 6.11. The molecule has 0 saturated carbocycles. The van der Waals surface area contributed by atoms with Gasteiger partial charge in [-0.15, -0.1) is 0 Å². The van der Waals surface area contributed by atoms with Gasteiger partial charge in [0.05, 0.1) is 7.11 Å². The number of rotatable bonds is 4. The maximum absolute atomic E-state index is 12.2. The summed E-state index contributed by atoms with van der Waals surface area (Å²) < 4.78 is 5.30. The summed E-state index contributed by atoms with van der Waals surface area (Å²) in [5.41, 5.74) is 6.85. The number of pyridine rings is 1. The molecular weight excluding hydrogens is 254 g/mol.